The number of methoxy groups -OCH3 is 1. The number of rotatable bonds is 7. The van der Waals surface area contributed by atoms with Gasteiger partial charge in [-0.3, -0.25) is 14.4 Å². The molecular weight excluding hydrogens is 394 g/mol. The molecule has 29 heavy (non-hydrogen) atoms. The molecule has 0 aliphatic carbocycles. The van der Waals surface area contributed by atoms with Gasteiger partial charge in [0.25, 0.3) is 0 Å². The van der Waals surface area contributed by atoms with E-state index >= 15 is 0 Å². The van der Waals surface area contributed by atoms with E-state index in [-0.39, 0.29) is 37.1 Å². The fraction of sp³-hybridized carbons (Fsp3) is 0.286. The number of benzene rings is 2. The number of nitrogens with one attached hydrogen (secondary N) is 2. The lowest BCUT2D eigenvalue weighted by molar-refractivity contribution is -0.126. The van der Waals surface area contributed by atoms with Gasteiger partial charge in [0.1, 0.15) is 5.75 Å². The van der Waals surface area contributed by atoms with Crippen LogP contribution in [0.15, 0.2) is 48.5 Å². The number of ether oxygens (including phenoxy) is 1. The average Bonchev–Trinajstić information content (AvgIpc) is 3.10. The van der Waals surface area contributed by atoms with Gasteiger partial charge in [0.15, 0.2) is 0 Å². The van der Waals surface area contributed by atoms with Crippen LogP contribution in [-0.4, -0.2) is 37.9 Å². The van der Waals surface area contributed by atoms with Crippen LogP contribution in [0, 0.1) is 5.92 Å². The second-order valence-corrected chi connectivity index (χ2v) is 7.11. The summed E-state index contributed by atoms with van der Waals surface area (Å²) in [6.07, 6.45) is 0.247. The molecular formula is C21H22ClN3O4. The van der Waals surface area contributed by atoms with Crippen LogP contribution < -0.4 is 20.3 Å². The zero-order valence-corrected chi connectivity index (χ0v) is 16.7. The van der Waals surface area contributed by atoms with Gasteiger partial charge in [0, 0.05) is 36.6 Å². The van der Waals surface area contributed by atoms with Crippen molar-refractivity contribution in [3.8, 4) is 5.75 Å². The topological polar surface area (TPSA) is 87.7 Å². The van der Waals surface area contributed by atoms with E-state index in [0.717, 1.165) is 5.69 Å². The summed E-state index contributed by atoms with van der Waals surface area (Å²) in [4.78, 5) is 38.4. The number of halogens is 1. The number of carbonyl (C=O) groups excluding carboxylic acids is 3. The zero-order valence-electron chi connectivity index (χ0n) is 16.0. The van der Waals surface area contributed by atoms with Crippen molar-refractivity contribution in [2.24, 2.45) is 5.92 Å². The molecule has 1 heterocycles. The van der Waals surface area contributed by atoms with Gasteiger partial charge < -0.3 is 20.3 Å². The number of nitrogens with zero attached hydrogens (tertiary/aromatic N) is 1. The minimum atomic E-state index is -0.432. The van der Waals surface area contributed by atoms with E-state index in [1.165, 1.54) is 7.11 Å². The Labute approximate surface area is 174 Å². The molecule has 0 saturated carbocycles. The van der Waals surface area contributed by atoms with E-state index in [1.807, 2.05) is 30.3 Å². The maximum Gasteiger partial charge on any atom is 0.227 e. The van der Waals surface area contributed by atoms with Crippen molar-refractivity contribution in [1.29, 1.82) is 0 Å². The summed E-state index contributed by atoms with van der Waals surface area (Å²) in [5.41, 5.74) is 1.25. The molecule has 1 aliphatic rings. The molecule has 2 aromatic carbocycles. The third-order valence-corrected chi connectivity index (χ3v) is 4.89. The Morgan fingerprint density at radius 3 is 2.69 bits per heavy atom. The SMILES string of the molecule is COc1ccc(Cl)cc1NC(=O)CCNC(=O)C1CC(=O)N(c2ccccc2)C1. The predicted molar refractivity (Wildman–Crippen MR) is 111 cm³/mol. The van der Waals surface area contributed by atoms with Crippen LogP contribution in [0.4, 0.5) is 11.4 Å². The monoisotopic (exact) mass is 415 g/mol. The summed E-state index contributed by atoms with van der Waals surface area (Å²) in [7, 11) is 1.50. The summed E-state index contributed by atoms with van der Waals surface area (Å²) in [6.45, 7) is 0.504. The summed E-state index contributed by atoms with van der Waals surface area (Å²) in [6, 6.07) is 14.2. The van der Waals surface area contributed by atoms with Gasteiger partial charge in [0.05, 0.1) is 18.7 Å². The molecule has 1 atom stereocenters. The second-order valence-electron chi connectivity index (χ2n) is 6.67. The molecule has 1 aliphatic heterocycles. The van der Waals surface area contributed by atoms with Gasteiger partial charge in [-0.15, -0.1) is 0 Å². The Morgan fingerprint density at radius 1 is 1.21 bits per heavy atom. The molecule has 1 saturated heterocycles. The van der Waals surface area contributed by atoms with Gasteiger partial charge in [-0.1, -0.05) is 29.8 Å². The number of hydrogen-bond acceptors (Lipinski definition) is 4. The van der Waals surface area contributed by atoms with Crippen LogP contribution >= 0.6 is 11.6 Å². The number of carbonyl (C=O) groups is 3. The number of amides is 3. The Morgan fingerprint density at radius 2 is 1.97 bits per heavy atom. The van der Waals surface area contributed by atoms with E-state index in [0.29, 0.717) is 23.0 Å². The molecule has 152 valence electrons. The van der Waals surface area contributed by atoms with Crippen molar-refractivity contribution in [3.05, 3.63) is 53.6 Å². The van der Waals surface area contributed by atoms with Crippen molar-refractivity contribution >= 4 is 40.7 Å². The largest absolute Gasteiger partial charge is 0.495 e. The third-order valence-electron chi connectivity index (χ3n) is 4.65. The molecule has 0 radical (unpaired) electrons. The smallest absolute Gasteiger partial charge is 0.227 e. The highest BCUT2D eigenvalue weighted by atomic mass is 35.5. The normalized spacial score (nSPS) is 15.9. The third kappa shape index (κ3) is 5.26. The molecule has 1 fully saturated rings. The number of anilines is 2. The summed E-state index contributed by atoms with van der Waals surface area (Å²) < 4.78 is 5.19. The molecule has 7 nitrogen and oxygen atoms in total. The highest BCUT2D eigenvalue weighted by Gasteiger charge is 2.34. The molecule has 0 bridgehead atoms. The van der Waals surface area contributed by atoms with E-state index in [9.17, 15) is 14.4 Å². The van der Waals surface area contributed by atoms with Crippen LogP contribution in [0.2, 0.25) is 5.02 Å². The molecule has 0 spiro atoms. The first kappa shape index (κ1) is 20.7. The van der Waals surface area contributed by atoms with Crippen molar-refractivity contribution in [2.75, 3.05) is 30.4 Å². The molecule has 8 heteroatoms. The molecule has 0 aromatic heterocycles. The average molecular weight is 416 g/mol. The first-order chi connectivity index (χ1) is 14.0. The quantitative estimate of drug-likeness (QED) is 0.727. The Kier molecular flexibility index (Phi) is 6.72. The van der Waals surface area contributed by atoms with E-state index in [2.05, 4.69) is 10.6 Å². The van der Waals surface area contributed by atoms with E-state index in [1.54, 1.807) is 23.1 Å². The van der Waals surface area contributed by atoms with E-state index < -0.39 is 5.92 Å². The minimum Gasteiger partial charge on any atom is -0.495 e. The first-order valence-electron chi connectivity index (χ1n) is 9.24. The van der Waals surface area contributed by atoms with Crippen LogP contribution in [0.3, 0.4) is 0 Å². The lowest BCUT2D eigenvalue weighted by Crippen LogP contribution is -2.34. The predicted octanol–water partition coefficient (Wildman–Crippen LogP) is 2.85. The maximum atomic E-state index is 12.4. The molecule has 3 amide bonds. The highest BCUT2D eigenvalue weighted by Crippen LogP contribution is 2.28. The minimum absolute atomic E-state index is 0.0813. The first-order valence-corrected chi connectivity index (χ1v) is 9.62. The van der Waals surface area contributed by atoms with Crippen LogP contribution in [0.1, 0.15) is 12.8 Å². The van der Waals surface area contributed by atoms with Gasteiger partial charge in [-0.2, -0.15) is 0 Å². The van der Waals surface area contributed by atoms with Gasteiger partial charge >= 0.3 is 0 Å². The fourth-order valence-electron chi connectivity index (χ4n) is 3.17. The molecule has 2 N–H and O–H groups in total. The Hall–Kier alpha value is -3.06. The second kappa shape index (κ2) is 9.43. The van der Waals surface area contributed by atoms with Crippen molar-refractivity contribution in [2.45, 2.75) is 12.8 Å². The molecule has 2 aromatic rings. The van der Waals surface area contributed by atoms with Crippen LogP contribution in [-0.2, 0) is 14.4 Å². The number of hydrogen-bond donors (Lipinski definition) is 2. The fourth-order valence-corrected chi connectivity index (χ4v) is 3.35. The summed E-state index contributed by atoms with van der Waals surface area (Å²) >= 11 is 5.95. The lowest BCUT2D eigenvalue weighted by Gasteiger charge is -2.16. The maximum absolute atomic E-state index is 12.4. The van der Waals surface area contributed by atoms with Gasteiger partial charge in [0.2, 0.25) is 17.7 Å². The van der Waals surface area contributed by atoms with Crippen LogP contribution in [0.5, 0.6) is 5.75 Å². The van der Waals surface area contributed by atoms with Gasteiger partial charge in [-0.05, 0) is 30.3 Å². The lowest BCUT2D eigenvalue weighted by atomic mass is 10.1. The molecule has 3 rings (SSSR count). The highest BCUT2D eigenvalue weighted by molar-refractivity contribution is 6.31. The summed E-state index contributed by atoms with van der Waals surface area (Å²) in [5.74, 6) is -0.526. The standard InChI is InChI=1S/C21H22ClN3O4/c1-29-18-8-7-15(22)12-17(18)24-19(26)9-10-23-21(28)14-11-20(27)25(13-14)16-5-3-2-4-6-16/h2-8,12,14H,9-11,13H2,1H3,(H,23,28)(H,24,26). The van der Waals surface area contributed by atoms with Gasteiger partial charge in [-0.25, -0.2) is 0 Å². The zero-order chi connectivity index (χ0) is 20.8. The Bertz CT molecular complexity index is 904. The van der Waals surface area contributed by atoms with E-state index in [4.69, 9.17) is 16.3 Å². The van der Waals surface area contributed by atoms with Crippen LogP contribution in [0.25, 0.3) is 0 Å². The number of para-hydroxylation sites is 1. The Balaban J connectivity index is 1.47. The van der Waals surface area contributed by atoms with Crippen molar-refractivity contribution in [3.63, 3.8) is 0 Å². The van der Waals surface area contributed by atoms with Crippen molar-refractivity contribution < 1.29 is 19.1 Å². The molecule has 1 unspecified atom stereocenters. The van der Waals surface area contributed by atoms with Crippen molar-refractivity contribution in [1.82, 2.24) is 5.32 Å². The summed E-state index contributed by atoms with van der Waals surface area (Å²) in [5, 5.41) is 5.93.